The second-order valence-electron chi connectivity index (χ2n) is 3.87. The summed E-state index contributed by atoms with van der Waals surface area (Å²) in [6.45, 7) is 0. The molecule has 0 aromatic heterocycles. The van der Waals surface area contributed by atoms with Crippen LogP contribution in [0, 0.1) is 0 Å². The van der Waals surface area contributed by atoms with Gasteiger partial charge in [0, 0.05) is 6.42 Å². The van der Waals surface area contributed by atoms with Crippen molar-refractivity contribution in [2.45, 2.75) is 24.2 Å². The number of hydrogen-bond acceptors (Lipinski definition) is 3. The lowest BCUT2D eigenvalue weighted by molar-refractivity contribution is 0.0982. The Kier molecular flexibility index (Phi) is 2.33. The van der Waals surface area contributed by atoms with Crippen LogP contribution in [-0.4, -0.2) is 23.0 Å². The van der Waals surface area contributed by atoms with Gasteiger partial charge in [-0.3, -0.25) is 4.55 Å². The monoisotopic (exact) mass is 228 g/mol. The highest BCUT2D eigenvalue weighted by Crippen LogP contribution is 2.31. The van der Waals surface area contributed by atoms with Gasteiger partial charge in [-0.1, -0.05) is 24.3 Å². The minimum absolute atomic E-state index is 0.0397. The highest BCUT2D eigenvalue weighted by molar-refractivity contribution is 7.87. The van der Waals surface area contributed by atoms with Gasteiger partial charge in [-0.25, -0.2) is 0 Å². The molecule has 4 nitrogen and oxygen atoms in total. The molecule has 0 bridgehead atoms. The van der Waals surface area contributed by atoms with Gasteiger partial charge in [0.15, 0.2) is 4.93 Å². The van der Waals surface area contributed by atoms with E-state index in [0.29, 0.717) is 6.42 Å². The maximum atomic E-state index is 11.0. The van der Waals surface area contributed by atoms with Gasteiger partial charge in [0.25, 0.3) is 10.1 Å². The molecule has 5 heteroatoms. The Labute approximate surface area is 88.3 Å². The van der Waals surface area contributed by atoms with Crippen LogP contribution >= 0.6 is 0 Å². The van der Waals surface area contributed by atoms with E-state index in [9.17, 15) is 13.5 Å². The smallest absolute Gasteiger partial charge is 0.295 e. The number of benzene rings is 1. The zero-order valence-electron chi connectivity index (χ0n) is 8.05. The summed E-state index contributed by atoms with van der Waals surface area (Å²) in [5.74, 6) is 0. The molecule has 0 radical (unpaired) electrons. The Morgan fingerprint density at radius 1 is 1.20 bits per heavy atom. The molecular weight excluding hydrogens is 216 g/mol. The first-order chi connectivity index (χ1) is 6.92. The van der Waals surface area contributed by atoms with E-state index in [1.807, 2.05) is 12.1 Å². The second kappa shape index (κ2) is 3.30. The Morgan fingerprint density at radius 2 is 1.80 bits per heavy atom. The van der Waals surface area contributed by atoms with E-state index in [1.54, 1.807) is 12.1 Å². The normalized spacial score (nSPS) is 26.0. The van der Waals surface area contributed by atoms with Crippen LogP contribution in [0.5, 0.6) is 0 Å². The van der Waals surface area contributed by atoms with Crippen molar-refractivity contribution in [3.63, 3.8) is 0 Å². The fourth-order valence-corrected chi connectivity index (χ4v) is 2.61. The van der Waals surface area contributed by atoms with Gasteiger partial charge >= 0.3 is 0 Å². The standard InChI is InChI=1S/C10H12O4S/c11-10(15(12,13)14)6-5-8-3-1-2-4-9(8)7-10/h1-4,11H,5-7H2,(H,12,13,14)/t10-/m0/s1. The maximum Gasteiger partial charge on any atom is 0.295 e. The van der Waals surface area contributed by atoms with Gasteiger partial charge in [-0.05, 0) is 24.0 Å². The maximum absolute atomic E-state index is 11.0. The highest BCUT2D eigenvalue weighted by Gasteiger charge is 2.43. The lowest BCUT2D eigenvalue weighted by Gasteiger charge is -2.30. The quantitative estimate of drug-likeness (QED) is 0.696. The molecule has 1 aromatic rings. The average Bonchev–Trinajstić information content (AvgIpc) is 2.16. The van der Waals surface area contributed by atoms with Crippen LogP contribution in [0.15, 0.2) is 24.3 Å². The van der Waals surface area contributed by atoms with Crippen LogP contribution in [-0.2, 0) is 23.0 Å². The first-order valence-electron chi connectivity index (χ1n) is 4.69. The van der Waals surface area contributed by atoms with Gasteiger partial charge in [-0.2, -0.15) is 8.42 Å². The van der Waals surface area contributed by atoms with Gasteiger partial charge in [0.05, 0.1) is 0 Å². The van der Waals surface area contributed by atoms with Crippen molar-refractivity contribution in [1.82, 2.24) is 0 Å². The topological polar surface area (TPSA) is 74.6 Å². The number of hydrogen-bond donors (Lipinski definition) is 2. The second-order valence-corrected chi connectivity index (χ2v) is 5.58. The van der Waals surface area contributed by atoms with Crippen molar-refractivity contribution < 1.29 is 18.1 Å². The van der Waals surface area contributed by atoms with Crippen molar-refractivity contribution in [2.24, 2.45) is 0 Å². The summed E-state index contributed by atoms with van der Waals surface area (Å²) in [6.07, 6.45) is 0.470. The Morgan fingerprint density at radius 3 is 2.40 bits per heavy atom. The first kappa shape index (κ1) is 10.6. The summed E-state index contributed by atoms with van der Waals surface area (Å²) in [7, 11) is -4.41. The van der Waals surface area contributed by atoms with Crippen LogP contribution in [0.2, 0.25) is 0 Å². The lowest BCUT2D eigenvalue weighted by atomic mass is 9.89. The Bertz CT molecular complexity index is 480. The molecule has 0 fully saturated rings. The molecule has 0 aliphatic heterocycles. The molecule has 1 aliphatic carbocycles. The number of rotatable bonds is 1. The van der Waals surface area contributed by atoms with Crippen LogP contribution in [0.4, 0.5) is 0 Å². The zero-order valence-corrected chi connectivity index (χ0v) is 8.87. The molecule has 2 rings (SSSR count). The number of fused-ring (bicyclic) bond motifs is 1. The summed E-state index contributed by atoms with van der Waals surface area (Å²) < 4.78 is 31.0. The largest absolute Gasteiger partial charge is 0.372 e. The van der Waals surface area contributed by atoms with Crippen LogP contribution in [0.1, 0.15) is 17.5 Å². The van der Waals surface area contributed by atoms with E-state index in [0.717, 1.165) is 11.1 Å². The van der Waals surface area contributed by atoms with E-state index in [2.05, 4.69) is 0 Å². The zero-order chi connectivity index (χ0) is 11.1. The average molecular weight is 228 g/mol. The molecule has 0 unspecified atom stereocenters. The van der Waals surface area contributed by atoms with E-state index in [-0.39, 0.29) is 12.8 Å². The van der Waals surface area contributed by atoms with Crippen molar-refractivity contribution in [1.29, 1.82) is 0 Å². The molecule has 0 saturated heterocycles. The van der Waals surface area contributed by atoms with Crippen molar-refractivity contribution in [3.8, 4) is 0 Å². The fourth-order valence-electron chi connectivity index (χ4n) is 1.91. The van der Waals surface area contributed by atoms with E-state index < -0.39 is 15.1 Å². The number of aryl methyl sites for hydroxylation is 1. The van der Waals surface area contributed by atoms with Crippen molar-refractivity contribution in [3.05, 3.63) is 35.4 Å². The summed E-state index contributed by atoms with van der Waals surface area (Å²) in [6, 6.07) is 7.33. The summed E-state index contributed by atoms with van der Waals surface area (Å²) in [4.78, 5) is -2.01. The molecule has 1 atom stereocenters. The third-order valence-corrected chi connectivity index (χ3v) is 4.16. The molecule has 1 aromatic carbocycles. The Balaban J connectivity index is 2.41. The number of aliphatic hydroxyl groups is 1. The minimum atomic E-state index is -4.41. The van der Waals surface area contributed by atoms with Crippen LogP contribution in [0.25, 0.3) is 0 Å². The third kappa shape index (κ3) is 1.78. The van der Waals surface area contributed by atoms with Gasteiger partial charge in [0.1, 0.15) is 0 Å². The van der Waals surface area contributed by atoms with Gasteiger partial charge < -0.3 is 5.11 Å². The summed E-state index contributed by atoms with van der Waals surface area (Å²) in [5.41, 5.74) is 1.81. The van der Waals surface area contributed by atoms with Gasteiger partial charge in [-0.15, -0.1) is 0 Å². The molecule has 15 heavy (non-hydrogen) atoms. The molecule has 2 N–H and O–H groups in total. The predicted molar refractivity (Wildman–Crippen MR) is 55.0 cm³/mol. The van der Waals surface area contributed by atoms with Crippen LogP contribution in [0.3, 0.4) is 0 Å². The summed E-state index contributed by atoms with van der Waals surface area (Å²) >= 11 is 0. The molecule has 0 heterocycles. The fraction of sp³-hybridized carbons (Fsp3) is 0.400. The molecule has 1 aliphatic rings. The van der Waals surface area contributed by atoms with Gasteiger partial charge in [0.2, 0.25) is 0 Å². The SMILES string of the molecule is O=S(=O)(O)[C@@]1(O)CCc2ccccc2C1. The molecule has 0 spiro atoms. The molecule has 82 valence electrons. The third-order valence-electron chi connectivity index (χ3n) is 2.85. The predicted octanol–water partition coefficient (Wildman–Crippen LogP) is 0.752. The molecule has 0 amide bonds. The first-order valence-corrected chi connectivity index (χ1v) is 6.13. The molecule has 0 saturated carbocycles. The lowest BCUT2D eigenvalue weighted by Crippen LogP contribution is -2.43. The van der Waals surface area contributed by atoms with Crippen LogP contribution < -0.4 is 0 Å². The Hall–Kier alpha value is -0.910. The highest BCUT2D eigenvalue weighted by atomic mass is 32.2. The summed E-state index contributed by atoms with van der Waals surface area (Å²) in [5, 5.41) is 9.82. The van der Waals surface area contributed by atoms with Crippen molar-refractivity contribution in [2.75, 3.05) is 0 Å². The van der Waals surface area contributed by atoms with E-state index in [1.165, 1.54) is 0 Å². The van der Waals surface area contributed by atoms with E-state index >= 15 is 0 Å². The van der Waals surface area contributed by atoms with E-state index in [4.69, 9.17) is 4.55 Å². The van der Waals surface area contributed by atoms with Crippen molar-refractivity contribution >= 4 is 10.1 Å². The molecular formula is C10H12O4S. The minimum Gasteiger partial charge on any atom is -0.372 e.